The zero-order chi connectivity index (χ0) is 14.3. The molecule has 19 heavy (non-hydrogen) atoms. The van der Waals surface area contributed by atoms with Crippen LogP contribution in [0.2, 0.25) is 0 Å². The van der Waals surface area contributed by atoms with Crippen LogP contribution in [0.1, 0.15) is 6.92 Å². The second kappa shape index (κ2) is 7.25. The maximum atomic E-state index is 12.3. The van der Waals surface area contributed by atoms with Crippen molar-refractivity contribution in [2.75, 3.05) is 11.9 Å². The fourth-order valence-electron chi connectivity index (χ4n) is 1.25. The van der Waals surface area contributed by atoms with E-state index < -0.39 is 18.1 Å². The molecule has 0 amide bonds. The zero-order valence-corrected chi connectivity index (χ0v) is 10.3. The Labute approximate surface area is 109 Å². The van der Waals surface area contributed by atoms with Crippen LogP contribution in [0.4, 0.5) is 14.5 Å². The van der Waals surface area contributed by atoms with Crippen LogP contribution in [0.25, 0.3) is 0 Å². The molecular weight excluding hydrogens is 254 g/mol. The molecule has 0 aromatic heterocycles. The average molecular weight is 268 g/mol. The highest BCUT2D eigenvalue weighted by molar-refractivity contribution is 6.03. The van der Waals surface area contributed by atoms with Gasteiger partial charge in [-0.25, -0.2) is 13.6 Å². The first-order valence-corrected chi connectivity index (χ1v) is 5.62. The Kier molecular flexibility index (Phi) is 5.66. The molecule has 0 unspecified atom stereocenters. The highest BCUT2D eigenvalue weighted by Gasteiger charge is 2.15. The molecule has 102 valence electrons. The quantitative estimate of drug-likeness (QED) is 0.474. The summed E-state index contributed by atoms with van der Waals surface area (Å²) >= 11 is 0. The van der Waals surface area contributed by atoms with Crippen LogP contribution in [0.15, 0.2) is 42.1 Å². The number of ether oxygens (including phenoxy) is 1. The molecule has 0 saturated heterocycles. The lowest BCUT2D eigenvalue weighted by Crippen LogP contribution is -2.18. The maximum absolute atomic E-state index is 12.3. The number of anilines is 1. The van der Waals surface area contributed by atoms with Crippen molar-refractivity contribution in [2.45, 2.75) is 13.3 Å². The van der Waals surface area contributed by atoms with Crippen LogP contribution in [0.3, 0.4) is 0 Å². The molecule has 6 heteroatoms. The van der Waals surface area contributed by atoms with Crippen molar-refractivity contribution >= 4 is 17.4 Å². The lowest BCUT2D eigenvalue weighted by atomic mass is 10.2. The topological polar surface area (TPSA) is 62.2 Å². The number of para-hydroxylation sites is 1. The largest absolute Gasteiger partial charge is 0.461 e. The van der Waals surface area contributed by atoms with E-state index in [1.807, 2.05) is 0 Å². The molecule has 2 N–H and O–H groups in total. The minimum Gasteiger partial charge on any atom is -0.461 e. The van der Waals surface area contributed by atoms with Gasteiger partial charge in [-0.15, -0.1) is 0 Å². The van der Waals surface area contributed by atoms with Gasteiger partial charge in [0.05, 0.1) is 12.3 Å². The lowest BCUT2D eigenvalue weighted by Gasteiger charge is -2.10. The van der Waals surface area contributed by atoms with Crippen molar-refractivity contribution in [3.05, 3.63) is 42.1 Å². The standard InChI is InChI=1S/C13H14F2N2O2/c1-2-19-13(18)11(8-10(16)12(14)15)17-9-6-4-3-5-7-9/h3-8,12,16-17H,2H2,1H3/b11-8-,16-10?. The summed E-state index contributed by atoms with van der Waals surface area (Å²) in [6.07, 6.45) is -2.17. The summed E-state index contributed by atoms with van der Waals surface area (Å²) in [4.78, 5) is 11.6. The molecule has 1 aromatic carbocycles. The highest BCUT2D eigenvalue weighted by atomic mass is 19.3. The van der Waals surface area contributed by atoms with Gasteiger partial charge in [0.15, 0.2) is 0 Å². The molecule has 0 aliphatic heterocycles. The van der Waals surface area contributed by atoms with Crippen LogP contribution < -0.4 is 5.32 Å². The minimum atomic E-state index is -2.94. The van der Waals surface area contributed by atoms with E-state index >= 15 is 0 Å². The van der Waals surface area contributed by atoms with E-state index in [0.717, 1.165) is 6.08 Å². The van der Waals surface area contributed by atoms with Gasteiger partial charge in [-0.05, 0) is 25.1 Å². The Bertz CT molecular complexity index is 473. The Balaban J connectivity index is 2.93. The Hall–Kier alpha value is -2.24. The van der Waals surface area contributed by atoms with Gasteiger partial charge in [0.1, 0.15) is 5.70 Å². The van der Waals surface area contributed by atoms with E-state index in [1.54, 1.807) is 37.3 Å². The number of alkyl halides is 2. The summed E-state index contributed by atoms with van der Waals surface area (Å²) in [5.74, 6) is -0.781. The second-order valence-electron chi connectivity index (χ2n) is 3.53. The number of benzene rings is 1. The summed E-state index contributed by atoms with van der Waals surface area (Å²) in [6, 6.07) is 8.56. The van der Waals surface area contributed by atoms with Gasteiger partial charge in [-0.1, -0.05) is 18.2 Å². The third kappa shape index (κ3) is 4.87. The van der Waals surface area contributed by atoms with Crippen LogP contribution in [0.5, 0.6) is 0 Å². The predicted octanol–water partition coefficient (Wildman–Crippen LogP) is 2.83. The molecule has 0 heterocycles. The third-order valence-corrected chi connectivity index (χ3v) is 2.08. The zero-order valence-electron chi connectivity index (χ0n) is 10.3. The van der Waals surface area contributed by atoms with Gasteiger partial charge >= 0.3 is 5.97 Å². The SMILES string of the molecule is CCOC(=O)/C(=C/C(=N)C(F)F)Nc1ccccc1. The smallest absolute Gasteiger partial charge is 0.354 e. The van der Waals surface area contributed by atoms with Crippen LogP contribution in [-0.2, 0) is 9.53 Å². The lowest BCUT2D eigenvalue weighted by molar-refractivity contribution is -0.138. The van der Waals surface area contributed by atoms with Gasteiger partial charge in [0.25, 0.3) is 6.43 Å². The molecule has 0 atom stereocenters. The number of hydrogen-bond acceptors (Lipinski definition) is 4. The molecule has 0 bridgehead atoms. The molecule has 0 aliphatic carbocycles. The van der Waals surface area contributed by atoms with Crippen LogP contribution >= 0.6 is 0 Å². The number of nitrogens with one attached hydrogen (secondary N) is 2. The van der Waals surface area contributed by atoms with Gasteiger partial charge in [-0.2, -0.15) is 0 Å². The maximum Gasteiger partial charge on any atom is 0.354 e. The average Bonchev–Trinajstić information content (AvgIpc) is 2.39. The van der Waals surface area contributed by atoms with E-state index in [1.165, 1.54) is 0 Å². The monoisotopic (exact) mass is 268 g/mol. The summed E-state index contributed by atoms with van der Waals surface area (Å²) in [5, 5.41) is 9.75. The van der Waals surface area contributed by atoms with Crippen molar-refractivity contribution < 1.29 is 18.3 Å². The molecule has 4 nitrogen and oxygen atoms in total. The number of carbonyl (C=O) groups is 1. The number of esters is 1. The molecule has 0 aliphatic rings. The number of rotatable bonds is 6. The van der Waals surface area contributed by atoms with Crippen LogP contribution in [0, 0.1) is 5.41 Å². The van der Waals surface area contributed by atoms with Gasteiger partial charge < -0.3 is 10.1 Å². The molecule has 1 rings (SSSR count). The van der Waals surface area contributed by atoms with E-state index in [9.17, 15) is 13.6 Å². The van der Waals surface area contributed by atoms with E-state index in [-0.39, 0.29) is 12.3 Å². The van der Waals surface area contributed by atoms with Crippen molar-refractivity contribution in [2.24, 2.45) is 0 Å². The molecule has 0 saturated carbocycles. The first kappa shape index (κ1) is 14.8. The predicted molar refractivity (Wildman–Crippen MR) is 68.5 cm³/mol. The third-order valence-electron chi connectivity index (χ3n) is 2.08. The van der Waals surface area contributed by atoms with Crippen molar-refractivity contribution in [3.63, 3.8) is 0 Å². The number of halogens is 2. The number of allylic oxidation sites excluding steroid dienone is 1. The van der Waals surface area contributed by atoms with Crippen LogP contribution in [-0.4, -0.2) is 24.7 Å². The molecule has 1 aromatic rings. The fraction of sp³-hybridized carbons (Fsp3) is 0.231. The van der Waals surface area contributed by atoms with E-state index in [2.05, 4.69) is 5.32 Å². The Morgan fingerprint density at radius 2 is 2.05 bits per heavy atom. The summed E-state index contributed by atoms with van der Waals surface area (Å²) in [5.41, 5.74) is -0.603. The first-order chi connectivity index (χ1) is 9.04. The van der Waals surface area contributed by atoms with Crippen molar-refractivity contribution in [3.8, 4) is 0 Å². The minimum absolute atomic E-state index is 0.120. The van der Waals surface area contributed by atoms with Gasteiger partial charge in [0, 0.05) is 5.69 Å². The molecular formula is C13H14F2N2O2. The normalized spacial score (nSPS) is 11.3. The number of carbonyl (C=O) groups excluding carboxylic acids is 1. The number of hydrogen-bond donors (Lipinski definition) is 2. The Morgan fingerprint density at radius 3 is 2.58 bits per heavy atom. The second-order valence-corrected chi connectivity index (χ2v) is 3.53. The summed E-state index contributed by atoms with van der Waals surface area (Å²) < 4.78 is 29.4. The fourth-order valence-corrected chi connectivity index (χ4v) is 1.25. The van der Waals surface area contributed by atoms with Crippen molar-refractivity contribution in [1.82, 2.24) is 0 Å². The van der Waals surface area contributed by atoms with Gasteiger partial charge in [0.2, 0.25) is 0 Å². The van der Waals surface area contributed by atoms with E-state index in [0.29, 0.717) is 5.69 Å². The summed E-state index contributed by atoms with van der Waals surface area (Å²) in [6.45, 7) is 1.73. The van der Waals surface area contributed by atoms with E-state index in [4.69, 9.17) is 10.1 Å². The summed E-state index contributed by atoms with van der Waals surface area (Å²) in [7, 11) is 0. The Morgan fingerprint density at radius 1 is 1.42 bits per heavy atom. The first-order valence-electron chi connectivity index (χ1n) is 5.62. The molecule has 0 spiro atoms. The van der Waals surface area contributed by atoms with Gasteiger partial charge in [-0.3, -0.25) is 5.41 Å². The highest BCUT2D eigenvalue weighted by Crippen LogP contribution is 2.11. The van der Waals surface area contributed by atoms with Crippen molar-refractivity contribution in [1.29, 1.82) is 5.41 Å². The molecule has 0 radical (unpaired) electrons. The molecule has 0 fully saturated rings.